The Labute approximate surface area is 126 Å². The molecule has 0 unspecified atom stereocenters. The molecule has 0 saturated heterocycles. The van der Waals surface area contributed by atoms with E-state index in [1.54, 1.807) is 0 Å². The highest BCUT2D eigenvalue weighted by Gasteiger charge is 2.08. The number of nitrogens with one attached hydrogen (secondary N) is 1. The molecule has 0 atom stereocenters. The van der Waals surface area contributed by atoms with Crippen molar-refractivity contribution in [3.8, 4) is 0 Å². The lowest BCUT2D eigenvalue weighted by Gasteiger charge is -2.11. The molecule has 0 heterocycles. The van der Waals surface area contributed by atoms with E-state index in [2.05, 4.69) is 25.2 Å². The number of carbonyl (C=O) groups excluding carboxylic acids is 1. The predicted molar refractivity (Wildman–Crippen MR) is 88.6 cm³/mol. The maximum Gasteiger partial charge on any atom is 0.228 e. The lowest BCUT2D eigenvalue weighted by molar-refractivity contribution is -0.115. The second-order valence-corrected chi connectivity index (χ2v) is 5.67. The van der Waals surface area contributed by atoms with Crippen molar-refractivity contribution in [2.45, 2.75) is 34.1 Å². The summed E-state index contributed by atoms with van der Waals surface area (Å²) in [5.74, 6) is -0.0235. The maximum absolute atomic E-state index is 12.2. The summed E-state index contributed by atoms with van der Waals surface area (Å²) in [4.78, 5) is 12.2. The number of nitrogens with two attached hydrogens (primary N) is 1. The Morgan fingerprint density at radius 1 is 0.952 bits per heavy atom. The number of hydrogen-bond donors (Lipinski definition) is 2. The van der Waals surface area contributed by atoms with Crippen LogP contribution < -0.4 is 11.1 Å². The molecule has 0 aliphatic heterocycles. The first-order chi connectivity index (χ1) is 9.86. The van der Waals surface area contributed by atoms with Gasteiger partial charge in [-0.3, -0.25) is 4.79 Å². The zero-order valence-corrected chi connectivity index (χ0v) is 13.1. The molecule has 1 amide bonds. The molecule has 0 fully saturated rings. The molecule has 3 N–H and O–H groups in total. The highest BCUT2D eigenvalue weighted by atomic mass is 16.1. The Balaban J connectivity index is 2.11. The van der Waals surface area contributed by atoms with E-state index in [4.69, 9.17) is 5.73 Å². The van der Waals surface area contributed by atoms with Gasteiger partial charge in [0, 0.05) is 11.4 Å². The van der Waals surface area contributed by atoms with Crippen LogP contribution in [-0.4, -0.2) is 5.91 Å². The van der Waals surface area contributed by atoms with Crippen molar-refractivity contribution in [2.24, 2.45) is 0 Å². The minimum Gasteiger partial charge on any atom is -0.398 e. The number of anilines is 2. The Hall–Kier alpha value is -2.29. The van der Waals surface area contributed by atoms with E-state index < -0.39 is 0 Å². The van der Waals surface area contributed by atoms with Gasteiger partial charge < -0.3 is 11.1 Å². The lowest BCUT2D eigenvalue weighted by atomic mass is 10.0. The van der Waals surface area contributed by atoms with Gasteiger partial charge in [-0.2, -0.15) is 0 Å². The monoisotopic (exact) mass is 282 g/mol. The van der Waals surface area contributed by atoms with Crippen molar-refractivity contribution in [3.63, 3.8) is 0 Å². The molecule has 0 aliphatic carbocycles. The topological polar surface area (TPSA) is 55.1 Å². The van der Waals surface area contributed by atoms with Crippen LogP contribution in [0, 0.1) is 27.7 Å². The summed E-state index contributed by atoms with van der Waals surface area (Å²) in [6.45, 7) is 8.06. The standard InChI is InChI=1S/C18H22N2O/c1-11-5-6-15(8-12(11)2)9-18(21)20-17-10-16(19)13(3)7-14(17)4/h5-8,10H,9,19H2,1-4H3,(H,20,21). The fraction of sp³-hybridized carbons (Fsp3) is 0.278. The maximum atomic E-state index is 12.2. The van der Waals surface area contributed by atoms with Crippen LogP contribution in [0.15, 0.2) is 30.3 Å². The third-order valence-electron chi connectivity index (χ3n) is 3.82. The van der Waals surface area contributed by atoms with Gasteiger partial charge in [0.15, 0.2) is 0 Å². The van der Waals surface area contributed by atoms with Crippen molar-refractivity contribution in [1.82, 2.24) is 0 Å². The van der Waals surface area contributed by atoms with Crippen molar-refractivity contribution in [2.75, 3.05) is 11.1 Å². The van der Waals surface area contributed by atoms with E-state index in [0.717, 1.165) is 22.4 Å². The van der Waals surface area contributed by atoms with Crippen molar-refractivity contribution in [3.05, 3.63) is 58.1 Å². The van der Waals surface area contributed by atoms with Gasteiger partial charge in [-0.15, -0.1) is 0 Å². The zero-order chi connectivity index (χ0) is 15.6. The molecule has 0 aliphatic rings. The van der Waals surface area contributed by atoms with E-state index in [1.807, 2.05) is 38.1 Å². The highest BCUT2D eigenvalue weighted by Crippen LogP contribution is 2.22. The average Bonchev–Trinajstić information content (AvgIpc) is 2.40. The summed E-state index contributed by atoms with van der Waals surface area (Å²) in [5.41, 5.74) is 12.9. The number of carbonyl (C=O) groups is 1. The normalized spacial score (nSPS) is 10.5. The molecule has 0 radical (unpaired) electrons. The number of amides is 1. The molecular weight excluding hydrogens is 260 g/mol. The first-order valence-electron chi connectivity index (χ1n) is 7.09. The third kappa shape index (κ3) is 3.63. The number of benzene rings is 2. The highest BCUT2D eigenvalue weighted by molar-refractivity contribution is 5.93. The van der Waals surface area contributed by atoms with E-state index in [9.17, 15) is 4.79 Å². The molecule has 2 aromatic rings. The Bertz CT molecular complexity index is 690. The quantitative estimate of drug-likeness (QED) is 0.844. The van der Waals surface area contributed by atoms with Crippen LogP contribution >= 0.6 is 0 Å². The first-order valence-corrected chi connectivity index (χ1v) is 7.09. The largest absolute Gasteiger partial charge is 0.398 e. The van der Waals surface area contributed by atoms with Gasteiger partial charge in [0.2, 0.25) is 5.91 Å². The van der Waals surface area contributed by atoms with Crippen LogP contribution in [0.5, 0.6) is 0 Å². The molecular formula is C18H22N2O. The molecule has 0 saturated carbocycles. The molecule has 3 heteroatoms. The molecule has 21 heavy (non-hydrogen) atoms. The number of rotatable bonds is 3. The number of nitrogen functional groups attached to an aromatic ring is 1. The summed E-state index contributed by atoms with van der Waals surface area (Å²) >= 11 is 0. The van der Waals surface area contributed by atoms with Crippen LogP contribution in [0.4, 0.5) is 11.4 Å². The van der Waals surface area contributed by atoms with Gasteiger partial charge in [0.05, 0.1) is 6.42 Å². The predicted octanol–water partition coefficient (Wildman–Crippen LogP) is 3.68. The summed E-state index contributed by atoms with van der Waals surface area (Å²) in [6.07, 6.45) is 0.369. The van der Waals surface area contributed by atoms with E-state index in [1.165, 1.54) is 11.1 Å². The minimum atomic E-state index is -0.0235. The molecule has 0 bridgehead atoms. The molecule has 110 valence electrons. The van der Waals surface area contributed by atoms with Crippen LogP contribution in [0.25, 0.3) is 0 Å². The van der Waals surface area contributed by atoms with Crippen molar-refractivity contribution in [1.29, 1.82) is 0 Å². The summed E-state index contributed by atoms with van der Waals surface area (Å²) in [6, 6.07) is 9.92. The summed E-state index contributed by atoms with van der Waals surface area (Å²) in [5, 5.41) is 2.94. The van der Waals surface area contributed by atoms with Gasteiger partial charge in [-0.25, -0.2) is 0 Å². The molecule has 2 aromatic carbocycles. The van der Waals surface area contributed by atoms with Gasteiger partial charge in [-0.1, -0.05) is 24.3 Å². The SMILES string of the molecule is Cc1ccc(CC(=O)Nc2cc(N)c(C)cc2C)cc1C. The van der Waals surface area contributed by atoms with Gasteiger partial charge in [-0.05, 0) is 61.6 Å². The number of hydrogen-bond acceptors (Lipinski definition) is 2. The van der Waals surface area contributed by atoms with Crippen LogP contribution in [0.2, 0.25) is 0 Å². The van der Waals surface area contributed by atoms with Gasteiger partial charge >= 0.3 is 0 Å². The molecule has 2 rings (SSSR count). The average molecular weight is 282 g/mol. The molecule has 3 nitrogen and oxygen atoms in total. The smallest absolute Gasteiger partial charge is 0.228 e. The molecule has 0 aromatic heterocycles. The van der Waals surface area contributed by atoms with Gasteiger partial charge in [0.1, 0.15) is 0 Å². The Kier molecular flexibility index (Phi) is 4.32. The van der Waals surface area contributed by atoms with Crippen LogP contribution in [0.3, 0.4) is 0 Å². The van der Waals surface area contributed by atoms with E-state index in [0.29, 0.717) is 12.1 Å². The van der Waals surface area contributed by atoms with Crippen LogP contribution in [-0.2, 0) is 11.2 Å². The van der Waals surface area contributed by atoms with E-state index in [-0.39, 0.29) is 5.91 Å². The van der Waals surface area contributed by atoms with Crippen molar-refractivity contribution < 1.29 is 4.79 Å². The number of aryl methyl sites for hydroxylation is 4. The summed E-state index contributed by atoms with van der Waals surface area (Å²) < 4.78 is 0. The Morgan fingerprint density at radius 2 is 1.67 bits per heavy atom. The lowest BCUT2D eigenvalue weighted by Crippen LogP contribution is -2.15. The summed E-state index contributed by atoms with van der Waals surface area (Å²) in [7, 11) is 0. The second kappa shape index (κ2) is 6.00. The van der Waals surface area contributed by atoms with Crippen molar-refractivity contribution >= 4 is 17.3 Å². The molecule has 0 spiro atoms. The van der Waals surface area contributed by atoms with Gasteiger partial charge in [0.25, 0.3) is 0 Å². The minimum absolute atomic E-state index is 0.0235. The Morgan fingerprint density at radius 3 is 2.33 bits per heavy atom. The fourth-order valence-electron chi connectivity index (χ4n) is 2.30. The van der Waals surface area contributed by atoms with Crippen LogP contribution in [0.1, 0.15) is 27.8 Å². The second-order valence-electron chi connectivity index (χ2n) is 5.67. The van der Waals surface area contributed by atoms with E-state index >= 15 is 0 Å². The third-order valence-corrected chi connectivity index (χ3v) is 3.82. The first kappa shape index (κ1) is 15.1. The fourth-order valence-corrected chi connectivity index (χ4v) is 2.30. The zero-order valence-electron chi connectivity index (χ0n) is 13.1.